The summed E-state index contributed by atoms with van der Waals surface area (Å²) in [6, 6.07) is 5.41. The monoisotopic (exact) mass is 362 g/mol. The van der Waals surface area contributed by atoms with Crippen LogP contribution in [0, 0.1) is 0 Å². The first-order chi connectivity index (χ1) is 9.18. The number of aliphatic carboxylic acids is 2. The van der Waals surface area contributed by atoms with E-state index in [0.29, 0.717) is 5.56 Å². The largest absolute Gasteiger partial charge is 2.00 e. The van der Waals surface area contributed by atoms with E-state index in [0.717, 1.165) is 4.90 Å². The fraction of sp³-hybridized carbons (Fsp3) is 0.273. The minimum Gasteiger partial charge on any atom is -0.549 e. The van der Waals surface area contributed by atoms with Crippen molar-refractivity contribution in [1.29, 1.82) is 0 Å². The van der Waals surface area contributed by atoms with Crippen molar-refractivity contribution in [2.45, 2.75) is 6.54 Å². The van der Waals surface area contributed by atoms with Crippen molar-refractivity contribution in [2.75, 3.05) is 13.1 Å². The Morgan fingerprint density at radius 1 is 1.00 bits per heavy atom. The molecule has 10 heteroatoms. The predicted molar refractivity (Wildman–Crippen MR) is 63.8 cm³/mol. The van der Waals surface area contributed by atoms with Gasteiger partial charge in [-0.3, -0.25) is 4.90 Å². The Bertz CT molecular complexity index is 472. The maximum Gasteiger partial charge on any atom is 2.00 e. The SMILES string of the molecule is O=C([O-])CN(CC(=O)[O-])Cc1ccc([Si](O)(O)O)cc1.[Cu+2]. The van der Waals surface area contributed by atoms with Gasteiger partial charge in [0.05, 0.1) is 11.9 Å². The summed E-state index contributed by atoms with van der Waals surface area (Å²) in [5, 5.41) is 21.0. The Morgan fingerprint density at radius 2 is 1.43 bits per heavy atom. The molecule has 0 unspecified atom stereocenters. The third-order valence-corrected chi connectivity index (χ3v) is 3.56. The number of nitrogens with zero attached hydrogens (tertiary/aromatic N) is 1. The van der Waals surface area contributed by atoms with Gasteiger partial charge in [-0.1, -0.05) is 24.3 Å². The molecule has 8 nitrogen and oxygen atoms in total. The van der Waals surface area contributed by atoms with Gasteiger partial charge >= 0.3 is 25.9 Å². The Morgan fingerprint density at radius 3 is 1.76 bits per heavy atom. The van der Waals surface area contributed by atoms with Gasteiger partial charge in [-0.05, 0) is 5.56 Å². The summed E-state index contributed by atoms with van der Waals surface area (Å²) in [7, 11) is -4.37. The van der Waals surface area contributed by atoms with Gasteiger partial charge in [0.25, 0.3) is 0 Å². The number of carbonyl (C=O) groups is 2. The number of rotatable bonds is 7. The molecule has 0 fully saturated rings. The third-order valence-electron chi connectivity index (χ3n) is 2.45. The van der Waals surface area contributed by atoms with Gasteiger partial charge in [0, 0.05) is 24.8 Å². The minimum absolute atomic E-state index is 0. The van der Waals surface area contributed by atoms with Crippen molar-refractivity contribution in [3.63, 3.8) is 0 Å². The summed E-state index contributed by atoms with van der Waals surface area (Å²) in [4.78, 5) is 49.3. The average Bonchev–Trinajstić information content (AvgIpc) is 2.26. The molecule has 0 aliphatic heterocycles. The molecule has 1 rings (SSSR count). The van der Waals surface area contributed by atoms with Crippen LogP contribution in [0.15, 0.2) is 24.3 Å². The Balaban J connectivity index is 0.00000400. The van der Waals surface area contributed by atoms with Crippen molar-refractivity contribution >= 4 is 25.9 Å². The molecule has 1 radical (unpaired) electrons. The smallest absolute Gasteiger partial charge is 0.549 e. The molecule has 0 spiro atoms. The van der Waals surface area contributed by atoms with Crippen molar-refractivity contribution in [1.82, 2.24) is 4.90 Å². The minimum atomic E-state index is -4.37. The van der Waals surface area contributed by atoms with E-state index in [4.69, 9.17) is 14.4 Å². The zero-order chi connectivity index (χ0) is 15.3. The number of hydrogen-bond acceptors (Lipinski definition) is 8. The van der Waals surface area contributed by atoms with E-state index in [1.807, 2.05) is 0 Å². The molecule has 0 atom stereocenters. The van der Waals surface area contributed by atoms with Crippen LogP contribution in [-0.2, 0) is 33.2 Å². The van der Waals surface area contributed by atoms with Gasteiger partial charge < -0.3 is 34.2 Å². The molecule has 0 saturated heterocycles. The van der Waals surface area contributed by atoms with E-state index < -0.39 is 33.8 Å². The average molecular weight is 363 g/mol. The molecule has 0 aliphatic rings. The normalized spacial score (nSPS) is 11.0. The fourth-order valence-electron chi connectivity index (χ4n) is 1.62. The summed E-state index contributed by atoms with van der Waals surface area (Å²) >= 11 is 0. The van der Waals surface area contributed by atoms with Crippen LogP contribution in [0.4, 0.5) is 0 Å². The molecule has 0 heterocycles. The van der Waals surface area contributed by atoms with Crippen LogP contribution in [0.2, 0.25) is 0 Å². The van der Waals surface area contributed by atoms with Crippen LogP contribution in [0.5, 0.6) is 0 Å². The number of carboxylic acid groups (broad SMARTS) is 2. The molecule has 0 saturated carbocycles. The summed E-state index contributed by atoms with van der Waals surface area (Å²) in [5.41, 5.74) is 0.537. The van der Waals surface area contributed by atoms with E-state index in [1.54, 1.807) is 0 Å². The summed E-state index contributed by atoms with van der Waals surface area (Å²) in [5.74, 6) is -2.84. The molecule has 0 aromatic heterocycles. The number of benzene rings is 1. The quantitative estimate of drug-likeness (QED) is 0.409. The van der Waals surface area contributed by atoms with Crippen molar-refractivity contribution in [2.24, 2.45) is 0 Å². The van der Waals surface area contributed by atoms with Crippen molar-refractivity contribution in [3.05, 3.63) is 29.8 Å². The van der Waals surface area contributed by atoms with Crippen molar-refractivity contribution in [3.8, 4) is 0 Å². The standard InChI is InChI=1S/C11H15NO7Si.Cu/c13-10(14)6-12(7-11(15)16)5-8-1-3-9(4-2-8)20(17,18)19;/h1-4,17-19H,5-7H2,(H,13,14)(H,15,16);/q;+2/p-2. The second-order valence-corrected chi connectivity index (χ2v) is 6.07. The Kier molecular flexibility index (Phi) is 7.75. The van der Waals surface area contributed by atoms with E-state index in [1.165, 1.54) is 24.3 Å². The number of carboxylic acids is 2. The van der Waals surface area contributed by atoms with Crippen LogP contribution in [0.3, 0.4) is 0 Å². The summed E-state index contributed by atoms with van der Waals surface area (Å²) < 4.78 is 0. The second-order valence-electron chi connectivity index (χ2n) is 4.22. The molecular weight excluding hydrogens is 350 g/mol. The molecule has 0 bridgehead atoms. The molecule has 21 heavy (non-hydrogen) atoms. The molecule has 1 aromatic carbocycles. The molecule has 3 N–H and O–H groups in total. The summed E-state index contributed by atoms with van der Waals surface area (Å²) in [6.07, 6.45) is 0. The first kappa shape index (κ1) is 19.7. The molecule has 0 amide bonds. The zero-order valence-electron chi connectivity index (χ0n) is 10.7. The third kappa shape index (κ3) is 7.34. The van der Waals surface area contributed by atoms with Gasteiger partial charge in [0.1, 0.15) is 0 Å². The van der Waals surface area contributed by atoms with Crippen LogP contribution in [0.1, 0.15) is 5.56 Å². The van der Waals surface area contributed by atoms with Gasteiger partial charge in [0.2, 0.25) is 0 Å². The number of carbonyl (C=O) groups excluding carboxylic acids is 2. The van der Waals surface area contributed by atoms with Gasteiger partial charge in [-0.25, -0.2) is 0 Å². The van der Waals surface area contributed by atoms with Crippen LogP contribution in [-0.4, -0.2) is 53.1 Å². The molecule has 0 aliphatic carbocycles. The fourth-order valence-corrected chi connectivity index (χ4v) is 2.24. The molecular formula is C11H13CuNO7Si. The maximum atomic E-state index is 10.5. The van der Waals surface area contributed by atoms with Crippen molar-refractivity contribution < 1.29 is 51.3 Å². The van der Waals surface area contributed by atoms with E-state index in [2.05, 4.69) is 0 Å². The first-order valence-electron chi connectivity index (χ1n) is 5.57. The maximum absolute atomic E-state index is 10.5. The first-order valence-corrected chi connectivity index (χ1v) is 7.41. The van der Waals surface area contributed by atoms with Gasteiger partial charge in [0.15, 0.2) is 0 Å². The summed E-state index contributed by atoms with van der Waals surface area (Å²) in [6.45, 7) is -1.15. The van der Waals surface area contributed by atoms with E-state index in [9.17, 15) is 19.8 Å². The molecule has 119 valence electrons. The topological polar surface area (TPSA) is 144 Å². The second kappa shape index (κ2) is 8.25. The van der Waals surface area contributed by atoms with Gasteiger partial charge in [-0.15, -0.1) is 0 Å². The predicted octanol–water partition coefficient (Wildman–Crippen LogP) is -4.89. The van der Waals surface area contributed by atoms with Gasteiger partial charge in [-0.2, -0.15) is 0 Å². The molecule has 1 aromatic rings. The Hall–Kier alpha value is -1.26. The van der Waals surface area contributed by atoms with E-state index in [-0.39, 0.29) is 28.8 Å². The van der Waals surface area contributed by atoms with Crippen LogP contribution < -0.4 is 15.4 Å². The van der Waals surface area contributed by atoms with Crippen LogP contribution >= 0.6 is 0 Å². The van der Waals surface area contributed by atoms with E-state index >= 15 is 0 Å². The zero-order valence-corrected chi connectivity index (χ0v) is 12.6. The Labute approximate surface area is 132 Å². The number of hydrogen-bond donors (Lipinski definition) is 3. The van der Waals surface area contributed by atoms with Crippen LogP contribution in [0.25, 0.3) is 0 Å².